The number of carbonyl (C=O) groups is 1. The zero-order chi connectivity index (χ0) is 14.1. The van der Waals surface area contributed by atoms with Gasteiger partial charge in [0, 0.05) is 13.2 Å². The third-order valence-corrected chi connectivity index (χ3v) is 2.95. The number of aryl methyl sites for hydroxylation is 1. The second kappa shape index (κ2) is 4.65. The second-order valence-corrected chi connectivity index (χ2v) is 4.25. The van der Waals surface area contributed by atoms with Gasteiger partial charge in [0.2, 0.25) is 0 Å². The van der Waals surface area contributed by atoms with E-state index in [2.05, 4.69) is 20.5 Å². The number of hydrogen-bond acceptors (Lipinski definition) is 5. The molecule has 0 amide bonds. The van der Waals surface area contributed by atoms with Crippen molar-refractivity contribution < 1.29 is 9.90 Å². The van der Waals surface area contributed by atoms with Crippen LogP contribution in [-0.4, -0.2) is 35.2 Å². The minimum absolute atomic E-state index is 0.0998. The Morgan fingerprint density at radius 2 is 2.30 bits per heavy atom. The predicted molar refractivity (Wildman–Crippen MR) is 70.5 cm³/mol. The fraction of sp³-hybridized carbons (Fsp3) is 0.167. The number of rotatable bonds is 4. The quantitative estimate of drug-likeness (QED) is 0.728. The summed E-state index contributed by atoms with van der Waals surface area (Å²) in [7, 11) is 1.82. The van der Waals surface area contributed by atoms with Crippen LogP contribution in [-0.2, 0) is 13.6 Å². The van der Waals surface area contributed by atoms with Gasteiger partial charge in [-0.05, 0) is 12.1 Å². The van der Waals surface area contributed by atoms with E-state index in [1.165, 1.54) is 4.40 Å². The van der Waals surface area contributed by atoms with Crippen LogP contribution < -0.4 is 5.32 Å². The van der Waals surface area contributed by atoms with Gasteiger partial charge in [0.05, 0.1) is 6.54 Å². The molecule has 0 radical (unpaired) electrons. The van der Waals surface area contributed by atoms with Gasteiger partial charge in [-0.2, -0.15) is 0 Å². The molecule has 0 bridgehead atoms. The molecule has 0 aliphatic carbocycles. The molecule has 0 aromatic carbocycles. The van der Waals surface area contributed by atoms with Crippen molar-refractivity contribution in [3.63, 3.8) is 0 Å². The van der Waals surface area contributed by atoms with Crippen LogP contribution in [0.25, 0.3) is 5.65 Å². The number of aromatic carboxylic acids is 1. The highest BCUT2D eigenvalue weighted by atomic mass is 16.4. The Kier molecular flexibility index (Phi) is 2.82. The van der Waals surface area contributed by atoms with E-state index >= 15 is 0 Å². The zero-order valence-electron chi connectivity index (χ0n) is 10.7. The minimum atomic E-state index is -1.04. The third-order valence-electron chi connectivity index (χ3n) is 2.95. The SMILES string of the molecule is Cn1cnnc1CNc1nc2ccccn2c1C(=O)O. The van der Waals surface area contributed by atoms with Gasteiger partial charge in [-0.25, -0.2) is 9.78 Å². The molecule has 0 saturated carbocycles. The fourth-order valence-electron chi connectivity index (χ4n) is 1.95. The highest BCUT2D eigenvalue weighted by Gasteiger charge is 2.18. The van der Waals surface area contributed by atoms with Crippen molar-refractivity contribution in [1.29, 1.82) is 0 Å². The van der Waals surface area contributed by atoms with Gasteiger partial charge >= 0.3 is 5.97 Å². The molecule has 102 valence electrons. The van der Waals surface area contributed by atoms with Gasteiger partial charge in [-0.3, -0.25) is 4.40 Å². The number of fused-ring (bicyclic) bond motifs is 1. The maximum atomic E-state index is 11.4. The molecule has 8 nitrogen and oxygen atoms in total. The first-order chi connectivity index (χ1) is 9.66. The Balaban J connectivity index is 1.96. The monoisotopic (exact) mass is 272 g/mol. The van der Waals surface area contributed by atoms with Gasteiger partial charge in [0.1, 0.15) is 12.0 Å². The summed E-state index contributed by atoms with van der Waals surface area (Å²) in [5.74, 6) is -0.0331. The van der Waals surface area contributed by atoms with Gasteiger partial charge in [-0.15, -0.1) is 10.2 Å². The number of carboxylic acids is 1. The predicted octanol–water partition coefficient (Wildman–Crippen LogP) is 0.773. The fourth-order valence-corrected chi connectivity index (χ4v) is 1.95. The van der Waals surface area contributed by atoms with E-state index in [9.17, 15) is 9.90 Å². The highest BCUT2D eigenvalue weighted by Crippen LogP contribution is 2.18. The molecule has 3 aromatic rings. The maximum Gasteiger partial charge on any atom is 0.356 e. The number of nitrogens with zero attached hydrogens (tertiary/aromatic N) is 5. The summed E-state index contributed by atoms with van der Waals surface area (Å²) < 4.78 is 3.28. The first kappa shape index (κ1) is 12.2. The number of pyridine rings is 1. The Morgan fingerprint density at radius 1 is 1.45 bits per heavy atom. The molecule has 0 atom stereocenters. The van der Waals surface area contributed by atoms with Gasteiger partial charge in [0.25, 0.3) is 0 Å². The van der Waals surface area contributed by atoms with E-state index in [4.69, 9.17) is 0 Å². The molecule has 0 aliphatic heterocycles. The molecular formula is C12H12N6O2. The number of anilines is 1. The van der Waals surface area contributed by atoms with Crippen LogP contribution in [0.5, 0.6) is 0 Å². The Labute approximate surface area is 113 Å². The Bertz CT molecular complexity index is 775. The number of nitrogens with one attached hydrogen (secondary N) is 1. The number of hydrogen-bond donors (Lipinski definition) is 2. The summed E-state index contributed by atoms with van der Waals surface area (Å²) in [5.41, 5.74) is 0.674. The lowest BCUT2D eigenvalue weighted by Gasteiger charge is -2.03. The van der Waals surface area contributed by atoms with Crippen LogP contribution >= 0.6 is 0 Å². The standard InChI is InChI=1S/C12H12N6O2/c1-17-7-14-16-9(17)6-13-11-10(12(19)20)18-5-3-2-4-8(18)15-11/h2-5,7,13H,6H2,1H3,(H,19,20). The lowest BCUT2D eigenvalue weighted by atomic mass is 10.4. The van der Waals surface area contributed by atoms with Gasteiger partial charge in [-0.1, -0.05) is 6.07 Å². The van der Waals surface area contributed by atoms with Crippen LogP contribution in [0.2, 0.25) is 0 Å². The summed E-state index contributed by atoms with van der Waals surface area (Å²) in [4.78, 5) is 15.7. The molecule has 3 heterocycles. The molecule has 20 heavy (non-hydrogen) atoms. The second-order valence-electron chi connectivity index (χ2n) is 4.25. The smallest absolute Gasteiger partial charge is 0.356 e. The maximum absolute atomic E-state index is 11.4. The van der Waals surface area contributed by atoms with Crippen molar-refractivity contribution in [2.75, 3.05) is 5.32 Å². The van der Waals surface area contributed by atoms with Crippen LogP contribution in [0.4, 0.5) is 5.82 Å². The number of carboxylic acid groups (broad SMARTS) is 1. The first-order valence-corrected chi connectivity index (χ1v) is 5.94. The van der Waals surface area contributed by atoms with Crippen molar-refractivity contribution in [1.82, 2.24) is 24.1 Å². The van der Waals surface area contributed by atoms with Crippen LogP contribution in [0.15, 0.2) is 30.7 Å². The van der Waals surface area contributed by atoms with Crippen LogP contribution in [0, 0.1) is 0 Å². The van der Waals surface area contributed by atoms with Crippen molar-refractivity contribution >= 4 is 17.4 Å². The molecule has 3 aromatic heterocycles. The summed E-state index contributed by atoms with van der Waals surface area (Å²) in [6.07, 6.45) is 3.25. The van der Waals surface area contributed by atoms with E-state index in [1.807, 2.05) is 7.05 Å². The van der Waals surface area contributed by atoms with Crippen molar-refractivity contribution in [3.8, 4) is 0 Å². The third kappa shape index (κ3) is 1.96. The zero-order valence-corrected chi connectivity index (χ0v) is 10.7. The topological polar surface area (TPSA) is 97.3 Å². The lowest BCUT2D eigenvalue weighted by molar-refractivity contribution is 0.0690. The largest absolute Gasteiger partial charge is 0.476 e. The molecule has 0 unspecified atom stereocenters. The van der Waals surface area contributed by atoms with E-state index in [-0.39, 0.29) is 5.69 Å². The molecule has 0 aliphatic rings. The van der Waals surface area contributed by atoms with E-state index in [0.717, 1.165) is 0 Å². The molecular weight excluding hydrogens is 260 g/mol. The van der Waals surface area contributed by atoms with Crippen LogP contribution in [0.3, 0.4) is 0 Å². The van der Waals surface area contributed by atoms with Crippen molar-refractivity contribution in [2.24, 2.45) is 7.05 Å². The number of aromatic nitrogens is 5. The average Bonchev–Trinajstić information content (AvgIpc) is 2.99. The van der Waals surface area contributed by atoms with E-state index in [0.29, 0.717) is 23.8 Å². The van der Waals surface area contributed by atoms with Crippen molar-refractivity contribution in [3.05, 3.63) is 42.2 Å². The lowest BCUT2D eigenvalue weighted by Crippen LogP contribution is -2.10. The number of imidazole rings is 1. The molecule has 0 saturated heterocycles. The molecule has 2 N–H and O–H groups in total. The van der Waals surface area contributed by atoms with E-state index < -0.39 is 5.97 Å². The molecule has 8 heteroatoms. The van der Waals surface area contributed by atoms with Crippen LogP contribution in [0.1, 0.15) is 16.3 Å². The summed E-state index contributed by atoms with van der Waals surface area (Å²) in [6, 6.07) is 5.31. The van der Waals surface area contributed by atoms with Gasteiger partial charge < -0.3 is 15.0 Å². The van der Waals surface area contributed by atoms with E-state index in [1.54, 1.807) is 35.3 Å². The summed E-state index contributed by atoms with van der Waals surface area (Å²) in [6.45, 7) is 0.348. The highest BCUT2D eigenvalue weighted by molar-refractivity contribution is 5.92. The average molecular weight is 272 g/mol. The molecule has 0 fully saturated rings. The summed E-state index contributed by atoms with van der Waals surface area (Å²) in [5, 5.41) is 20.0. The molecule has 0 spiro atoms. The van der Waals surface area contributed by atoms with Gasteiger partial charge in [0.15, 0.2) is 17.3 Å². The first-order valence-electron chi connectivity index (χ1n) is 5.94. The molecule has 3 rings (SSSR count). The van der Waals surface area contributed by atoms with Crippen molar-refractivity contribution in [2.45, 2.75) is 6.54 Å². The minimum Gasteiger partial charge on any atom is -0.476 e. The summed E-state index contributed by atoms with van der Waals surface area (Å²) >= 11 is 0. The normalized spacial score (nSPS) is 10.8. The Morgan fingerprint density at radius 3 is 3.00 bits per heavy atom. The Hall–Kier alpha value is -2.90.